The number of ether oxygens (including phenoxy) is 1. The molecule has 1 aliphatic heterocycles. The standard InChI is InChI=1S/C16H28N6O2.HI/c1-16(2,3)24-15(23)20-13-6-7-22(11-13)14(17-4)18-8-12-9-19-21(5)10-12;/h9-10,13H,6-8,11H2,1-5H3,(H,17,18)(H,20,23);1H. The van der Waals surface area contributed by atoms with Crippen molar-refractivity contribution >= 4 is 36.0 Å². The highest BCUT2D eigenvalue weighted by Gasteiger charge is 2.27. The van der Waals surface area contributed by atoms with Gasteiger partial charge in [-0.2, -0.15) is 5.10 Å². The summed E-state index contributed by atoms with van der Waals surface area (Å²) in [5.41, 5.74) is 0.616. The first-order valence-electron chi connectivity index (χ1n) is 8.19. The molecule has 1 aromatic heterocycles. The van der Waals surface area contributed by atoms with Crippen LogP contribution in [0.2, 0.25) is 0 Å². The molecule has 1 aromatic rings. The number of aliphatic imine (C=N–C) groups is 1. The van der Waals surface area contributed by atoms with Crippen LogP contribution in [0.1, 0.15) is 32.8 Å². The van der Waals surface area contributed by atoms with Crippen LogP contribution < -0.4 is 10.6 Å². The molecule has 8 nitrogen and oxygen atoms in total. The number of alkyl carbamates (subject to hydrolysis) is 1. The third kappa shape index (κ3) is 7.09. The van der Waals surface area contributed by atoms with Gasteiger partial charge >= 0.3 is 6.09 Å². The first kappa shape index (κ1) is 21.5. The molecule has 1 atom stereocenters. The third-order valence-electron chi connectivity index (χ3n) is 3.63. The summed E-state index contributed by atoms with van der Waals surface area (Å²) < 4.78 is 7.08. The molecule has 1 amide bonds. The number of hydrogen-bond acceptors (Lipinski definition) is 4. The number of aromatic nitrogens is 2. The van der Waals surface area contributed by atoms with E-state index < -0.39 is 5.60 Å². The molecule has 0 aliphatic carbocycles. The van der Waals surface area contributed by atoms with Gasteiger partial charge in [-0.3, -0.25) is 9.67 Å². The van der Waals surface area contributed by atoms with E-state index in [1.807, 2.05) is 40.2 Å². The number of likely N-dealkylation sites (tertiary alicyclic amines) is 1. The molecule has 0 aromatic carbocycles. The van der Waals surface area contributed by atoms with Crippen LogP contribution in [-0.2, 0) is 18.3 Å². The lowest BCUT2D eigenvalue weighted by atomic mass is 10.2. The van der Waals surface area contributed by atoms with Crippen LogP contribution >= 0.6 is 24.0 Å². The van der Waals surface area contributed by atoms with Gasteiger partial charge < -0.3 is 20.3 Å². The number of amides is 1. The Hall–Kier alpha value is -1.52. The molecule has 1 aliphatic rings. The van der Waals surface area contributed by atoms with Gasteiger partial charge in [0.05, 0.1) is 12.2 Å². The molecule has 25 heavy (non-hydrogen) atoms. The van der Waals surface area contributed by atoms with Crippen molar-refractivity contribution in [2.45, 2.75) is 45.4 Å². The molecule has 2 rings (SSSR count). The van der Waals surface area contributed by atoms with Crippen LogP contribution in [0, 0.1) is 0 Å². The van der Waals surface area contributed by atoms with E-state index >= 15 is 0 Å². The molecule has 1 unspecified atom stereocenters. The van der Waals surface area contributed by atoms with Crippen LogP contribution in [0.5, 0.6) is 0 Å². The Morgan fingerprint density at radius 3 is 2.76 bits per heavy atom. The number of aryl methyl sites for hydroxylation is 1. The zero-order valence-electron chi connectivity index (χ0n) is 15.6. The lowest BCUT2D eigenvalue weighted by Gasteiger charge is -2.23. The summed E-state index contributed by atoms with van der Waals surface area (Å²) in [6, 6.07) is 0.0665. The molecule has 1 saturated heterocycles. The van der Waals surface area contributed by atoms with Gasteiger partial charge in [-0.25, -0.2) is 4.79 Å². The highest BCUT2D eigenvalue weighted by atomic mass is 127. The monoisotopic (exact) mass is 464 g/mol. The average Bonchev–Trinajstić information content (AvgIpc) is 3.07. The Bertz CT molecular complexity index is 596. The molecule has 0 bridgehead atoms. The van der Waals surface area contributed by atoms with Crippen LogP contribution in [0.4, 0.5) is 4.79 Å². The summed E-state index contributed by atoms with van der Waals surface area (Å²) in [6.45, 7) is 7.80. The van der Waals surface area contributed by atoms with Gasteiger partial charge in [-0.15, -0.1) is 24.0 Å². The predicted octanol–water partition coefficient (Wildman–Crippen LogP) is 1.71. The fourth-order valence-electron chi connectivity index (χ4n) is 2.62. The number of hydrogen-bond donors (Lipinski definition) is 2. The van der Waals surface area contributed by atoms with Crippen molar-refractivity contribution in [3.63, 3.8) is 0 Å². The van der Waals surface area contributed by atoms with E-state index in [1.165, 1.54) is 0 Å². The molecule has 2 heterocycles. The second-order valence-corrected chi connectivity index (χ2v) is 7.00. The maximum atomic E-state index is 11.9. The largest absolute Gasteiger partial charge is 0.444 e. The maximum absolute atomic E-state index is 11.9. The predicted molar refractivity (Wildman–Crippen MR) is 108 cm³/mol. The highest BCUT2D eigenvalue weighted by Crippen LogP contribution is 2.12. The Labute approximate surface area is 166 Å². The van der Waals surface area contributed by atoms with E-state index in [0.717, 1.165) is 24.5 Å². The van der Waals surface area contributed by atoms with Gasteiger partial charge in [-0.1, -0.05) is 0 Å². The zero-order valence-corrected chi connectivity index (χ0v) is 17.9. The molecular formula is C16H29IN6O2. The van der Waals surface area contributed by atoms with Crippen molar-refractivity contribution in [2.75, 3.05) is 20.1 Å². The summed E-state index contributed by atoms with van der Waals surface area (Å²) in [4.78, 5) is 18.3. The molecule has 0 spiro atoms. The number of rotatable bonds is 3. The first-order valence-corrected chi connectivity index (χ1v) is 8.19. The molecule has 2 N–H and O–H groups in total. The van der Waals surface area contributed by atoms with E-state index in [4.69, 9.17) is 4.74 Å². The van der Waals surface area contributed by atoms with Gasteiger partial charge in [0, 0.05) is 45.5 Å². The summed E-state index contributed by atoms with van der Waals surface area (Å²) in [5.74, 6) is 0.826. The number of guanidine groups is 1. The van der Waals surface area contributed by atoms with Crippen molar-refractivity contribution in [2.24, 2.45) is 12.0 Å². The van der Waals surface area contributed by atoms with Crippen LogP contribution in [0.15, 0.2) is 17.4 Å². The zero-order chi connectivity index (χ0) is 17.7. The Morgan fingerprint density at radius 2 is 2.20 bits per heavy atom. The Balaban J connectivity index is 0.00000312. The van der Waals surface area contributed by atoms with Gasteiger partial charge in [0.15, 0.2) is 5.96 Å². The van der Waals surface area contributed by atoms with Crippen molar-refractivity contribution in [3.8, 4) is 0 Å². The fourth-order valence-corrected chi connectivity index (χ4v) is 2.62. The molecule has 0 radical (unpaired) electrons. The van der Waals surface area contributed by atoms with E-state index in [2.05, 4.69) is 25.6 Å². The topological polar surface area (TPSA) is 83.8 Å². The second-order valence-electron chi connectivity index (χ2n) is 7.00. The highest BCUT2D eigenvalue weighted by molar-refractivity contribution is 14.0. The van der Waals surface area contributed by atoms with Crippen molar-refractivity contribution in [3.05, 3.63) is 18.0 Å². The third-order valence-corrected chi connectivity index (χ3v) is 3.63. The van der Waals surface area contributed by atoms with Crippen molar-refractivity contribution < 1.29 is 9.53 Å². The minimum absolute atomic E-state index is 0. The number of nitrogens with zero attached hydrogens (tertiary/aromatic N) is 4. The molecular weight excluding hydrogens is 435 g/mol. The lowest BCUT2D eigenvalue weighted by molar-refractivity contribution is 0.0507. The number of nitrogens with one attached hydrogen (secondary N) is 2. The minimum atomic E-state index is -0.482. The average molecular weight is 464 g/mol. The normalized spacial score (nSPS) is 17.9. The number of carbonyl (C=O) groups excluding carboxylic acids is 1. The smallest absolute Gasteiger partial charge is 0.407 e. The van der Waals surface area contributed by atoms with Crippen LogP contribution in [0.25, 0.3) is 0 Å². The molecule has 9 heteroatoms. The molecule has 1 fully saturated rings. The quantitative estimate of drug-likeness (QED) is 0.405. The van der Waals surface area contributed by atoms with E-state index in [9.17, 15) is 4.79 Å². The Morgan fingerprint density at radius 1 is 1.48 bits per heavy atom. The summed E-state index contributed by atoms with van der Waals surface area (Å²) >= 11 is 0. The van der Waals surface area contributed by atoms with Crippen LogP contribution in [0.3, 0.4) is 0 Å². The molecule has 0 saturated carbocycles. The van der Waals surface area contributed by atoms with Gasteiger partial charge in [-0.05, 0) is 27.2 Å². The fraction of sp³-hybridized carbons (Fsp3) is 0.688. The van der Waals surface area contributed by atoms with Crippen LogP contribution in [-0.4, -0.2) is 58.5 Å². The first-order chi connectivity index (χ1) is 11.3. The Kier molecular flexibility index (Phi) is 7.97. The van der Waals surface area contributed by atoms with Crippen molar-refractivity contribution in [1.82, 2.24) is 25.3 Å². The van der Waals surface area contributed by atoms with Gasteiger partial charge in [0.1, 0.15) is 5.60 Å². The minimum Gasteiger partial charge on any atom is -0.444 e. The van der Waals surface area contributed by atoms with Gasteiger partial charge in [0.2, 0.25) is 0 Å². The van der Waals surface area contributed by atoms with E-state index in [-0.39, 0.29) is 36.1 Å². The summed E-state index contributed by atoms with van der Waals surface area (Å²) in [5, 5.41) is 10.4. The number of halogens is 1. The second kappa shape index (κ2) is 9.25. The summed E-state index contributed by atoms with van der Waals surface area (Å²) in [7, 11) is 3.66. The molecule has 142 valence electrons. The lowest BCUT2D eigenvalue weighted by Crippen LogP contribution is -2.44. The van der Waals surface area contributed by atoms with E-state index in [0.29, 0.717) is 13.1 Å². The van der Waals surface area contributed by atoms with E-state index in [1.54, 1.807) is 11.7 Å². The number of carbonyl (C=O) groups is 1. The SMILES string of the molecule is CN=C(NCc1cnn(C)c1)N1CCC(NC(=O)OC(C)(C)C)C1.I. The van der Waals surface area contributed by atoms with Gasteiger partial charge in [0.25, 0.3) is 0 Å². The van der Waals surface area contributed by atoms with Crippen molar-refractivity contribution in [1.29, 1.82) is 0 Å². The summed E-state index contributed by atoms with van der Waals surface area (Å²) in [6.07, 6.45) is 4.30. The maximum Gasteiger partial charge on any atom is 0.407 e.